The van der Waals surface area contributed by atoms with Crippen molar-refractivity contribution in [1.82, 2.24) is 9.55 Å². The van der Waals surface area contributed by atoms with Gasteiger partial charge >= 0.3 is 0 Å². The van der Waals surface area contributed by atoms with E-state index < -0.39 is 11.5 Å². The summed E-state index contributed by atoms with van der Waals surface area (Å²) in [6.07, 6.45) is 1.63. The number of pyridine rings is 2. The summed E-state index contributed by atoms with van der Waals surface area (Å²) in [5.41, 5.74) is 8.16. The number of ketones is 1. The Balaban J connectivity index is 1.99. The molecular weight excluding hydrogens is 484 g/mol. The van der Waals surface area contributed by atoms with E-state index in [4.69, 9.17) is 10.5 Å². The highest BCUT2D eigenvalue weighted by molar-refractivity contribution is 6.21. The third kappa shape index (κ3) is 4.99. The van der Waals surface area contributed by atoms with Crippen LogP contribution in [0, 0.1) is 0 Å². The number of carbonyl (C=O) groups is 2. The SMILES string of the molecule is COc1cc2c(cc1C(C(C)=O)=C(C)N)cc(C(=O)N(C)c1ccc(O)cc1)c(=O)n2Cc1ccccn1. The van der Waals surface area contributed by atoms with Gasteiger partial charge in [0, 0.05) is 47.2 Å². The summed E-state index contributed by atoms with van der Waals surface area (Å²) in [5, 5.41) is 10.2. The van der Waals surface area contributed by atoms with Crippen molar-refractivity contribution < 1.29 is 19.4 Å². The summed E-state index contributed by atoms with van der Waals surface area (Å²) in [5.74, 6) is -0.356. The molecule has 9 nitrogen and oxygen atoms in total. The number of fused-ring (bicyclic) bond motifs is 1. The molecule has 1 amide bonds. The first kappa shape index (κ1) is 26.2. The minimum atomic E-state index is -0.535. The molecule has 4 rings (SSSR count). The molecule has 0 radical (unpaired) electrons. The van der Waals surface area contributed by atoms with E-state index >= 15 is 0 Å². The van der Waals surface area contributed by atoms with Crippen LogP contribution < -0.4 is 20.9 Å². The number of carbonyl (C=O) groups excluding carboxylic acids is 2. The summed E-state index contributed by atoms with van der Waals surface area (Å²) < 4.78 is 7.06. The maximum absolute atomic E-state index is 13.8. The highest BCUT2D eigenvalue weighted by Gasteiger charge is 2.23. The number of nitrogens with two attached hydrogens (primary N) is 1. The van der Waals surface area contributed by atoms with Crippen molar-refractivity contribution in [3.8, 4) is 11.5 Å². The Hall–Kier alpha value is -4.92. The quantitative estimate of drug-likeness (QED) is 0.361. The van der Waals surface area contributed by atoms with Crippen LogP contribution in [0.1, 0.15) is 35.5 Å². The molecule has 2 aromatic heterocycles. The molecule has 2 aromatic carbocycles. The number of phenols is 1. The van der Waals surface area contributed by atoms with Gasteiger partial charge in [-0.3, -0.25) is 19.4 Å². The minimum absolute atomic E-state index is 0.0593. The Morgan fingerprint density at radius 3 is 2.32 bits per heavy atom. The van der Waals surface area contributed by atoms with Gasteiger partial charge in [-0.05, 0) is 62.4 Å². The minimum Gasteiger partial charge on any atom is -0.508 e. The second-order valence-electron chi connectivity index (χ2n) is 8.88. The first-order valence-corrected chi connectivity index (χ1v) is 11.8. The standard InChI is InChI=1S/C29H28N4O5/c1-17(30)27(18(2)34)23-13-19-14-24(28(36)32(3)21-8-10-22(35)11-9-21)29(37)33(25(19)15-26(23)38-4)16-20-7-5-6-12-31-20/h5-15,35H,16,30H2,1-4H3. The van der Waals surface area contributed by atoms with Gasteiger partial charge in [-0.15, -0.1) is 0 Å². The molecule has 4 aromatic rings. The fourth-order valence-corrected chi connectivity index (χ4v) is 4.39. The number of amides is 1. The first-order chi connectivity index (χ1) is 18.1. The molecule has 0 unspecified atom stereocenters. The molecule has 0 aliphatic rings. The molecule has 0 fully saturated rings. The van der Waals surface area contributed by atoms with Crippen molar-refractivity contribution in [2.75, 3.05) is 19.1 Å². The van der Waals surface area contributed by atoms with Crippen LogP contribution in [-0.2, 0) is 11.3 Å². The van der Waals surface area contributed by atoms with Gasteiger partial charge in [0.05, 0.1) is 24.9 Å². The van der Waals surface area contributed by atoms with E-state index in [1.54, 1.807) is 56.6 Å². The van der Waals surface area contributed by atoms with Gasteiger partial charge in [0.25, 0.3) is 11.5 Å². The van der Waals surface area contributed by atoms with Gasteiger partial charge in [-0.25, -0.2) is 0 Å². The molecule has 9 heteroatoms. The van der Waals surface area contributed by atoms with Crippen LogP contribution in [0.25, 0.3) is 16.5 Å². The maximum Gasteiger partial charge on any atom is 0.264 e. The topological polar surface area (TPSA) is 128 Å². The lowest BCUT2D eigenvalue weighted by Gasteiger charge is -2.20. The van der Waals surface area contributed by atoms with Crippen molar-refractivity contribution in [1.29, 1.82) is 0 Å². The number of phenolic OH excluding ortho intramolecular Hbond substituents is 1. The molecule has 3 N–H and O–H groups in total. The number of methoxy groups -OCH3 is 1. The zero-order chi connectivity index (χ0) is 27.6. The van der Waals surface area contributed by atoms with Crippen molar-refractivity contribution in [2.45, 2.75) is 20.4 Å². The number of hydrogen-bond donors (Lipinski definition) is 2. The van der Waals surface area contributed by atoms with Crippen LogP contribution in [0.5, 0.6) is 11.5 Å². The molecule has 2 heterocycles. The predicted octanol–water partition coefficient (Wildman–Crippen LogP) is 3.71. The number of aromatic nitrogens is 2. The molecule has 0 aliphatic carbocycles. The number of hydrogen-bond acceptors (Lipinski definition) is 7. The second-order valence-corrected chi connectivity index (χ2v) is 8.88. The monoisotopic (exact) mass is 512 g/mol. The zero-order valence-corrected chi connectivity index (χ0v) is 21.6. The average molecular weight is 513 g/mol. The van der Waals surface area contributed by atoms with Gasteiger partial charge in [-0.1, -0.05) is 6.07 Å². The van der Waals surface area contributed by atoms with Gasteiger partial charge < -0.3 is 25.0 Å². The molecule has 0 saturated heterocycles. The summed E-state index contributed by atoms with van der Waals surface area (Å²) in [7, 11) is 3.02. The van der Waals surface area contributed by atoms with Gasteiger partial charge in [0.2, 0.25) is 0 Å². The van der Waals surface area contributed by atoms with Gasteiger partial charge in [0.1, 0.15) is 17.1 Å². The number of allylic oxidation sites excluding steroid dienone is 2. The van der Waals surface area contributed by atoms with Gasteiger partial charge in [-0.2, -0.15) is 0 Å². The summed E-state index contributed by atoms with van der Waals surface area (Å²) in [6.45, 7) is 3.15. The molecule has 0 bridgehead atoms. The highest BCUT2D eigenvalue weighted by atomic mass is 16.5. The Kier molecular flexibility index (Phi) is 7.29. The lowest BCUT2D eigenvalue weighted by atomic mass is 9.97. The van der Waals surface area contributed by atoms with Crippen LogP contribution in [0.4, 0.5) is 5.69 Å². The number of ether oxygens (including phenoxy) is 1. The summed E-state index contributed by atoms with van der Waals surface area (Å²) >= 11 is 0. The molecule has 0 atom stereocenters. The number of aromatic hydroxyl groups is 1. The molecule has 0 aliphatic heterocycles. The van der Waals surface area contributed by atoms with E-state index in [2.05, 4.69) is 4.98 Å². The highest BCUT2D eigenvalue weighted by Crippen LogP contribution is 2.33. The second kappa shape index (κ2) is 10.6. The maximum atomic E-state index is 13.8. The van der Waals surface area contributed by atoms with Crippen molar-refractivity contribution in [3.63, 3.8) is 0 Å². The van der Waals surface area contributed by atoms with Crippen molar-refractivity contribution in [3.05, 3.63) is 99.7 Å². The van der Waals surface area contributed by atoms with Crippen LogP contribution in [0.15, 0.2) is 77.4 Å². The third-order valence-corrected chi connectivity index (χ3v) is 6.25. The van der Waals surface area contributed by atoms with E-state index in [1.807, 2.05) is 6.07 Å². The molecular formula is C29H28N4O5. The molecule has 0 spiro atoms. The van der Waals surface area contributed by atoms with Crippen molar-refractivity contribution >= 4 is 33.9 Å². The lowest BCUT2D eigenvalue weighted by molar-refractivity contribution is -0.111. The third-order valence-electron chi connectivity index (χ3n) is 6.25. The summed E-state index contributed by atoms with van der Waals surface area (Å²) in [4.78, 5) is 45.5. The lowest BCUT2D eigenvalue weighted by Crippen LogP contribution is -2.35. The van der Waals surface area contributed by atoms with E-state index in [9.17, 15) is 19.5 Å². The van der Waals surface area contributed by atoms with Crippen LogP contribution in [-0.4, -0.2) is 40.5 Å². The number of rotatable bonds is 7. The smallest absolute Gasteiger partial charge is 0.264 e. The van der Waals surface area contributed by atoms with Crippen LogP contribution >= 0.6 is 0 Å². The molecule has 0 saturated carbocycles. The average Bonchev–Trinajstić information content (AvgIpc) is 2.89. The first-order valence-electron chi connectivity index (χ1n) is 11.8. The zero-order valence-electron chi connectivity index (χ0n) is 21.6. The molecule has 38 heavy (non-hydrogen) atoms. The number of benzene rings is 2. The summed E-state index contributed by atoms with van der Waals surface area (Å²) in [6, 6.07) is 16.3. The number of anilines is 1. The largest absolute Gasteiger partial charge is 0.508 e. The van der Waals surface area contributed by atoms with Gasteiger partial charge in [0.15, 0.2) is 5.78 Å². The Bertz CT molecular complexity index is 1620. The van der Waals surface area contributed by atoms with Crippen LogP contribution in [0.3, 0.4) is 0 Å². The normalized spacial score (nSPS) is 11.7. The van der Waals surface area contributed by atoms with Crippen LogP contribution in [0.2, 0.25) is 0 Å². The Morgan fingerprint density at radius 2 is 1.74 bits per heavy atom. The molecule has 194 valence electrons. The van der Waals surface area contributed by atoms with E-state index in [0.29, 0.717) is 44.9 Å². The van der Waals surface area contributed by atoms with Crippen molar-refractivity contribution in [2.24, 2.45) is 5.73 Å². The number of Topliss-reactive ketones (excluding diaryl/α,β-unsaturated/α-hetero) is 1. The predicted molar refractivity (Wildman–Crippen MR) is 146 cm³/mol. The number of nitrogens with zero attached hydrogens (tertiary/aromatic N) is 3. The van der Waals surface area contributed by atoms with E-state index in [1.165, 1.54) is 41.7 Å². The Labute approximate surface area is 219 Å². The fraction of sp³-hybridized carbons (Fsp3) is 0.172. The van der Waals surface area contributed by atoms with E-state index in [-0.39, 0.29) is 23.6 Å². The fourth-order valence-electron chi connectivity index (χ4n) is 4.39. The van der Waals surface area contributed by atoms with E-state index in [0.717, 1.165) is 0 Å². The Morgan fingerprint density at radius 1 is 1.05 bits per heavy atom.